The van der Waals surface area contributed by atoms with Crippen LogP contribution in [0.1, 0.15) is 33.1 Å². The van der Waals surface area contributed by atoms with Crippen LogP contribution >= 0.6 is 0 Å². The molecular weight excluding hydrogens is 450 g/mol. The van der Waals surface area contributed by atoms with E-state index in [0.717, 1.165) is 17.0 Å². The molecule has 4 aromatic rings. The summed E-state index contributed by atoms with van der Waals surface area (Å²) < 4.78 is 34.0. The normalized spacial score (nSPS) is 11.2. The maximum absolute atomic E-state index is 13.7. The molecule has 0 aliphatic rings. The van der Waals surface area contributed by atoms with E-state index in [1.807, 2.05) is 32.0 Å². The molecule has 2 heterocycles. The van der Waals surface area contributed by atoms with Crippen molar-refractivity contribution in [2.24, 2.45) is 0 Å². The highest BCUT2D eigenvalue weighted by Gasteiger charge is 2.23. The Morgan fingerprint density at radius 3 is 2.38 bits per heavy atom. The third-order valence-electron chi connectivity index (χ3n) is 5.25. The number of carbonyl (C=O) groups excluding carboxylic acids is 1. The van der Waals surface area contributed by atoms with Crippen LogP contribution in [-0.2, 0) is 23.1 Å². The second-order valence-corrected chi connectivity index (χ2v) is 9.66. The first kappa shape index (κ1) is 23.3. The molecule has 2 aromatic heterocycles. The molecule has 8 heteroatoms. The van der Waals surface area contributed by atoms with Gasteiger partial charge in [0, 0.05) is 5.69 Å². The van der Waals surface area contributed by atoms with E-state index in [9.17, 15) is 13.2 Å². The monoisotopic (exact) mass is 475 g/mol. The number of sulfonamides is 1. The molecule has 0 saturated heterocycles. The van der Waals surface area contributed by atoms with Crippen LogP contribution in [0, 0.1) is 13.8 Å². The fraction of sp³-hybridized carbons (Fsp3) is 0.154. The van der Waals surface area contributed by atoms with Crippen molar-refractivity contribution in [2.75, 3.05) is 4.72 Å². The highest BCUT2D eigenvalue weighted by Crippen LogP contribution is 2.23. The number of furan rings is 1. The highest BCUT2D eigenvalue weighted by atomic mass is 32.2. The Kier molecular flexibility index (Phi) is 6.79. The van der Waals surface area contributed by atoms with Gasteiger partial charge in [-0.15, -0.1) is 0 Å². The van der Waals surface area contributed by atoms with Crippen molar-refractivity contribution in [2.45, 2.75) is 31.8 Å². The molecule has 7 nitrogen and oxygen atoms in total. The zero-order valence-corrected chi connectivity index (χ0v) is 19.7. The van der Waals surface area contributed by atoms with E-state index < -0.39 is 10.0 Å². The summed E-state index contributed by atoms with van der Waals surface area (Å²) >= 11 is 0. The average molecular weight is 476 g/mol. The third kappa shape index (κ3) is 5.52. The molecular formula is C26H25N3O4S. The molecule has 34 heavy (non-hydrogen) atoms. The van der Waals surface area contributed by atoms with Crippen LogP contribution in [0.25, 0.3) is 0 Å². The summed E-state index contributed by atoms with van der Waals surface area (Å²) in [4.78, 5) is 19.9. The number of nitrogens with one attached hydrogen (secondary N) is 1. The number of benzene rings is 2. The van der Waals surface area contributed by atoms with Gasteiger partial charge in [-0.3, -0.25) is 14.5 Å². The van der Waals surface area contributed by atoms with Gasteiger partial charge in [0.05, 0.1) is 41.2 Å². The zero-order chi connectivity index (χ0) is 24.1. The van der Waals surface area contributed by atoms with E-state index in [1.165, 1.54) is 12.1 Å². The molecule has 0 atom stereocenters. The molecule has 1 N–H and O–H groups in total. The molecule has 0 aliphatic heterocycles. The standard InChI is InChI=1S/C26H25N3O4S/c1-19-12-14-23(15-13-19)34(31,32)28-25-11-4-3-10-24(25)26(30)29(18-22-9-6-16-33-22)17-21-8-5-7-20(2)27-21/h3-16,28H,17-18H2,1-2H3. The number of aryl methyl sites for hydroxylation is 2. The van der Waals surface area contributed by atoms with E-state index in [4.69, 9.17) is 4.42 Å². The van der Waals surface area contributed by atoms with Crippen molar-refractivity contribution < 1.29 is 17.6 Å². The SMILES string of the molecule is Cc1ccc(S(=O)(=O)Nc2ccccc2C(=O)N(Cc2cccc(C)n2)Cc2ccco2)cc1. The second kappa shape index (κ2) is 9.93. The Balaban J connectivity index is 1.66. The quantitative estimate of drug-likeness (QED) is 0.390. The summed E-state index contributed by atoms with van der Waals surface area (Å²) in [5.41, 5.74) is 2.95. The van der Waals surface area contributed by atoms with Crippen molar-refractivity contribution in [3.05, 3.63) is 113 Å². The van der Waals surface area contributed by atoms with E-state index in [0.29, 0.717) is 5.76 Å². The molecule has 0 saturated carbocycles. The Hall–Kier alpha value is -3.91. The predicted octanol–water partition coefficient (Wildman–Crippen LogP) is 4.93. The zero-order valence-electron chi connectivity index (χ0n) is 18.9. The Bertz CT molecular complexity index is 1380. The fourth-order valence-corrected chi connectivity index (χ4v) is 4.60. The van der Waals surface area contributed by atoms with Gasteiger partial charge in [0.25, 0.3) is 15.9 Å². The Labute approximate surface area is 199 Å². The van der Waals surface area contributed by atoms with E-state index in [2.05, 4.69) is 9.71 Å². The molecule has 4 rings (SSSR count). The van der Waals surface area contributed by atoms with Gasteiger partial charge in [0.1, 0.15) is 5.76 Å². The fourth-order valence-electron chi connectivity index (χ4n) is 3.52. The van der Waals surface area contributed by atoms with Crippen LogP contribution in [0.5, 0.6) is 0 Å². The lowest BCUT2D eigenvalue weighted by molar-refractivity contribution is 0.0716. The lowest BCUT2D eigenvalue weighted by Gasteiger charge is -2.23. The minimum absolute atomic E-state index is 0.122. The number of nitrogens with zero attached hydrogens (tertiary/aromatic N) is 2. The molecule has 1 amide bonds. The highest BCUT2D eigenvalue weighted by molar-refractivity contribution is 7.92. The van der Waals surface area contributed by atoms with Gasteiger partial charge in [0.15, 0.2) is 0 Å². The topological polar surface area (TPSA) is 92.5 Å². The first-order valence-corrected chi connectivity index (χ1v) is 12.2. The van der Waals surface area contributed by atoms with Gasteiger partial charge < -0.3 is 9.32 Å². The molecule has 0 aliphatic carbocycles. The van der Waals surface area contributed by atoms with E-state index in [1.54, 1.807) is 59.7 Å². The number of carbonyl (C=O) groups is 1. The first-order valence-electron chi connectivity index (χ1n) is 10.7. The van der Waals surface area contributed by atoms with Gasteiger partial charge >= 0.3 is 0 Å². The molecule has 0 fully saturated rings. The summed E-state index contributed by atoms with van der Waals surface area (Å²) in [6.45, 7) is 4.21. The largest absolute Gasteiger partial charge is 0.467 e. The number of hydrogen-bond acceptors (Lipinski definition) is 5. The van der Waals surface area contributed by atoms with Gasteiger partial charge in [-0.2, -0.15) is 0 Å². The van der Waals surface area contributed by atoms with Crippen LogP contribution in [0.2, 0.25) is 0 Å². The molecule has 0 radical (unpaired) electrons. The summed E-state index contributed by atoms with van der Waals surface area (Å²) in [7, 11) is -3.88. The first-order chi connectivity index (χ1) is 16.3. The molecule has 174 valence electrons. The van der Waals surface area contributed by atoms with Crippen LogP contribution in [0.15, 0.2) is 94.4 Å². The summed E-state index contributed by atoms with van der Waals surface area (Å²) in [6, 6.07) is 22.3. The van der Waals surface area contributed by atoms with Crippen LogP contribution in [-0.4, -0.2) is 24.2 Å². The molecule has 0 unspecified atom stereocenters. The summed E-state index contributed by atoms with van der Waals surface area (Å²) in [5.74, 6) is 0.264. The Morgan fingerprint density at radius 1 is 0.912 bits per heavy atom. The number of amides is 1. The van der Waals surface area contributed by atoms with Crippen LogP contribution in [0.4, 0.5) is 5.69 Å². The smallest absolute Gasteiger partial charge is 0.261 e. The van der Waals surface area contributed by atoms with Crippen molar-refractivity contribution >= 4 is 21.6 Å². The lowest BCUT2D eigenvalue weighted by atomic mass is 10.1. The van der Waals surface area contributed by atoms with E-state index >= 15 is 0 Å². The van der Waals surface area contributed by atoms with E-state index in [-0.39, 0.29) is 35.1 Å². The number of pyridine rings is 1. The van der Waals surface area contributed by atoms with Crippen molar-refractivity contribution in [3.63, 3.8) is 0 Å². The average Bonchev–Trinajstić information content (AvgIpc) is 3.32. The number of anilines is 1. The third-order valence-corrected chi connectivity index (χ3v) is 6.63. The molecule has 2 aromatic carbocycles. The number of rotatable bonds is 8. The van der Waals surface area contributed by atoms with Crippen molar-refractivity contribution in [3.8, 4) is 0 Å². The van der Waals surface area contributed by atoms with Gasteiger partial charge in [-0.1, -0.05) is 35.9 Å². The van der Waals surface area contributed by atoms with Crippen molar-refractivity contribution in [1.29, 1.82) is 0 Å². The molecule has 0 bridgehead atoms. The van der Waals surface area contributed by atoms with Gasteiger partial charge in [0.2, 0.25) is 0 Å². The lowest BCUT2D eigenvalue weighted by Crippen LogP contribution is -2.31. The maximum Gasteiger partial charge on any atom is 0.261 e. The second-order valence-electron chi connectivity index (χ2n) is 7.98. The Morgan fingerprint density at radius 2 is 1.68 bits per heavy atom. The summed E-state index contributed by atoms with van der Waals surface area (Å²) in [6.07, 6.45) is 1.55. The minimum atomic E-state index is -3.88. The number of hydrogen-bond donors (Lipinski definition) is 1. The summed E-state index contributed by atoms with van der Waals surface area (Å²) in [5, 5.41) is 0. The minimum Gasteiger partial charge on any atom is -0.467 e. The van der Waals surface area contributed by atoms with Gasteiger partial charge in [-0.05, 0) is 62.4 Å². The molecule has 0 spiro atoms. The van der Waals surface area contributed by atoms with Crippen LogP contribution < -0.4 is 4.72 Å². The van der Waals surface area contributed by atoms with Gasteiger partial charge in [-0.25, -0.2) is 8.42 Å². The number of aromatic nitrogens is 1. The number of para-hydroxylation sites is 1. The van der Waals surface area contributed by atoms with Crippen LogP contribution in [0.3, 0.4) is 0 Å². The van der Waals surface area contributed by atoms with Crippen molar-refractivity contribution in [1.82, 2.24) is 9.88 Å². The predicted molar refractivity (Wildman–Crippen MR) is 130 cm³/mol. The maximum atomic E-state index is 13.7.